The van der Waals surface area contributed by atoms with Crippen molar-refractivity contribution >= 4 is 34.9 Å². The number of rotatable bonds is 17. The lowest BCUT2D eigenvalue weighted by molar-refractivity contribution is -0.192. The first-order valence-corrected chi connectivity index (χ1v) is 22.5. The van der Waals surface area contributed by atoms with E-state index in [1.807, 2.05) is 42.5 Å². The Morgan fingerprint density at radius 2 is 1.33 bits per heavy atom. The van der Waals surface area contributed by atoms with Crippen LogP contribution in [-0.4, -0.2) is 155 Å². The minimum atomic E-state index is -5.08. The summed E-state index contributed by atoms with van der Waals surface area (Å²) in [6.07, 6.45) is -2.49. The van der Waals surface area contributed by atoms with Crippen LogP contribution in [0.3, 0.4) is 0 Å². The Hall–Kier alpha value is -6.98. The monoisotopic (exact) mass is 956 g/mol. The number of fused-ring (bicyclic) bond motifs is 1. The summed E-state index contributed by atoms with van der Waals surface area (Å²) >= 11 is 0. The Morgan fingerprint density at radius 1 is 0.754 bits per heavy atom. The molecule has 8 rings (SSSR count). The number of hydrogen-bond donors (Lipinski definition) is 8. The van der Waals surface area contributed by atoms with Gasteiger partial charge in [0, 0.05) is 83.1 Å². The fraction of sp³-hybridized carbons (Fsp3) is 0.383. The highest BCUT2D eigenvalue weighted by Crippen LogP contribution is 2.40. The molecule has 69 heavy (non-hydrogen) atoms. The molecule has 3 amide bonds. The van der Waals surface area contributed by atoms with Crippen molar-refractivity contribution in [3.63, 3.8) is 0 Å². The Kier molecular flexibility index (Phi) is 16.9. The molecule has 0 bridgehead atoms. The molecule has 4 heterocycles. The lowest BCUT2D eigenvalue weighted by atomic mass is 9.91. The van der Waals surface area contributed by atoms with Crippen LogP contribution in [0.4, 0.5) is 23.8 Å². The zero-order chi connectivity index (χ0) is 48.9. The van der Waals surface area contributed by atoms with Crippen LogP contribution in [0.15, 0.2) is 110 Å². The zero-order valence-corrected chi connectivity index (χ0v) is 37.5. The number of amides is 3. The van der Waals surface area contributed by atoms with Crippen molar-refractivity contribution in [2.24, 2.45) is 0 Å². The fourth-order valence-electron chi connectivity index (χ4n) is 8.38. The number of anilines is 1. The van der Waals surface area contributed by atoms with Gasteiger partial charge in [-0.15, -0.1) is 0 Å². The fourth-order valence-corrected chi connectivity index (χ4v) is 8.38. The molecule has 4 atom stereocenters. The van der Waals surface area contributed by atoms with Crippen molar-refractivity contribution in [2.45, 2.75) is 56.0 Å². The number of carboxylic acid groups (broad SMARTS) is 1. The summed E-state index contributed by atoms with van der Waals surface area (Å²) in [6, 6.07) is 29.1. The van der Waals surface area contributed by atoms with Gasteiger partial charge in [0.2, 0.25) is 5.82 Å². The molecule has 3 aromatic carbocycles. The van der Waals surface area contributed by atoms with Gasteiger partial charge in [-0.25, -0.2) is 24.5 Å². The minimum Gasteiger partial charge on any atom is -0.475 e. The standard InChI is InChI=1S/C45H54N12O5.C2HF3O2/c58-29-32-25-51-57(28-32)37-24-36(39(59)40(37)60)56-30-50-38-41(49-26-35(33-12-6-2-7-13-33)34-14-8-3-9-15-34)52-42(53-43(38)56)44(61)46-16-17-47-45(62)48-18-19-54-20-22-55(23-21-54)27-31-10-4-1-5-11-31;3-2(4,5)1(6)7/h1-15,25,28,30,35-37,39-40,58-60H,16-24,26-27,29H2,(H,46,61)(H2,47,48,62)(H,49,52,53);(H,6,7)/t36-,37+,39+,40-;/m1./s1. The average molecular weight is 957 g/mol. The molecule has 0 radical (unpaired) electrons. The van der Waals surface area contributed by atoms with E-state index in [4.69, 9.17) is 9.90 Å². The van der Waals surface area contributed by atoms with Gasteiger partial charge in [-0.1, -0.05) is 91.0 Å². The van der Waals surface area contributed by atoms with Gasteiger partial charge in [0.25, 0.3) is 5.91 Å². The number of alkyl halides is 3. The third kappa shape index (κ3) is 13.2. The van der Waals surface area contributed by atoms with Gasteiger partial charge in [-0.05, 0) is 23.1 Å². The van der Waals surface area contributed by atoms with Crippen LogP contribution in [0.1, 0.15) is 57.3 Å². The highest BCUT2D eigenvalue weighted by Gasteiger charge is 2.45. The summed E-state index contributed by atoms with van der Waals surface area (Å²) in [6.45, 7) is 6.54. The number of benzene rings is 3. The maximum atomic E-state index is 13.7. The average Bonchev–Trinajstić information content (AvgIpc) is 4.09. The Morgan fingerprint density at radius 3 is 1.94 bits per heavy atom. The van der Waals surface area contributed by atoms with Crippen LogP contribution >= 0.6 is 0 Å². The Bertz CT molecular complexity index is 2560. The van der Waals surface area contributed by atoms with Crippen LogP contribution in [0.2, 0.25) is 0 Å². The van der Waals surface area contributed by atoms with Gasteiger partial charge < -0.3 is 46.3 Å². The van der Waals surface area contributed by atoms with E-state index in [2.05, 4.69) is 99.6 Å². The topological polar surface area (TPSA) is 248 Å². The summed E-state index contributed by atoms with van der Waals surface area (Å²) in [7, 11) is 0. The quantitative estimate of drug-likeness (QED) is 0.0613. The molecular weight excluding hydrogens is 902 g/mol. The molecule has 1 aliphatic heterocycles. The number of nitrogens with zero attached hydrogens (tertiary/aromatic N) is 8. The molecular formula is C47H55F3N12O7. The van der Waals surface area contributed by atoms with Crippen molar-refractivity contribution in [1.29, 1.82) is 0 Å². The highest BCUT2D eigenvalue weighted by atomic mass is 19.4. The molecule has 6 aromatic rings. The molecule has 0 spiro atoms. The number of imidazole rings is 1. The SMILES string of the molecule is O=C(NCCNC(=O)c1nc(NCC(c2ccccc2)c2ccccc2)c2ncn([C@@H]3C[C@H](n4cc(CO)cn4)[C@@H](O)[C@H]3O)c2n1)NCCN1CCN(Cc2ccccc2)CC1.O=C(O)C(F)(F)F. The predicted octanol–water partition coefficient (Wildman–Crippen LogP) is 3.15. The second-order valence-electron chi connectivity index (χ2n) is 16.7. The number of hydrogen-bond acceptors (Lipinski definition) is 13. The number of aliphatic hydroxyl groups is 3. The minimum absolute atomic E-state index is 0.0698. The second kappa shape index (κ2) is 23.4. The summed E-state index contributed by atoms with van der Waals surface area (Å²) < 4.78 is 35.0. The predicted molar refractivity (Wildman–Crippen MR) is 247 cm³/mol. The molecule has 2 fully saturated rings. The van der Waals surface area contributed by atoms with Crippen molar-refractivity contribution in [1.82, 2.24) is 55.0 Å². The molecule has 366 valence electrons. The van der Waals surface area contributed by atoms with Gasteiger partial charge in [-0.2, -0.15) is 18.3 Å². The number of aliphatic hydroxyl groups excluding tert-OH is 3. The number of piperazine rings is 1. The highest BCUT2D eigenvalue weighted by molar-refractivity contribution is 5.94. The molecule has 2 aliphatic rings. The maximum Gasteiger partial charge on any atom is 0.490 e. The van der Waals surface area contributed by atoms with E-state index in [0.717, 1.165) is 50.4 Å². The van der Waals surface area contributed by atoms with Gasteiger partial charge in [0.05, 0.1) is 31.2 Å². The van der Waals surface area contributed by atoms with Gasteiger partial charge in [0.1, 0.15) is 17.7 Å². The van der Waals surface area contributed by atoms with Crippen LogP contribution in [-0.2, 0) is 17.9 Å². The smallest absolute Gasteiger partial charge is 0.475 e. The van der Waals surface area contributed by atoms with E-state index < -0.39 is 42.3 Å². The third-order valence-electron chi connectivity index (χ3n) is 12.0. The first kappa shape index (κ1) is 49.9. The third-order valence-corrected chi connectivity index (χ3v) is 12.0. The van der Waals surface area contributed by atoms with Crippen molar-refractivity contribution in [3.05, 3.63) is 138 Å². The molecule has 3 aromatic heterocycles. The van der Waals surface area contributed by atoms with E-state index in [9.17, 15) is 38.1 Å². The molecule has 19 nitrogen and oxygen atoms in total. The first-order valence-electron chi connectivity index (χ1n) is 22.5. The van der Waals surface area contributed by atoms with Gasteiger partial charge in [-0.3, -0.25) is 19.3 Å². The number of halogens is 3. The van der Waals surface area contributed by atoms with Crippen molar-refractivity contribution in [3.8, 4) is 0 Å². The number of aliphatic carboxylic acids is 1. The summed E-state index contributed by atoms with van der Waals surface area (Å²) in [5, 5.41) is 55.5. The summed E-state index contributed by atoms with van der Waals surface area (Å²) in [4.78, 5) is 54.0. The first-order chi connectivity index (χ1) is 33.3. The van der Waals surface area contributed by atoms with E-state index >= 15 is 0 Å². The van der Waals surface area contributed by atoms with E-state index in [1.165, 1.54) is 18.1 Å². The van der Waals surface area contributed by atoms with Crippen LogP contribution < -0.4 is 21.3 Å². The molecule has 0 unspecified atom stereocenters. The molecule has 22 heteroatoms. The summed E-state index contributed by atoms with van der Waals surface area (Å²) in [5.74, 6) is -3.19. The normalized spacial score (nSPS) is 18.7. The zero-order valence-electron chi connectivity index (χ0n) is 37.5. The number of aromatic nitrogens is 6. The number of urea groups is 1. The number of nitrogens with one attached hydrogen (secondary N) is 4. The molecule has 1 aliphatic carbocycles. The largest absolute Gasteiger partial charge is 0.490 e. The number of carboxylic acids is 1. The Labute approximate surface area is 395 Å². The molecule has 1 saturated heterocycles. The molecule has 8 N–H and O–H groups in total. The van der Waals surface area contributed by atoms with E-state index in [1.54, 1.807) is 15.4 Å². The summed E-state index contributed by atoms with van der Waals surface area (Å²) in [5.41, 5.74) is 4.76. The van der Waals surface area contributed by atoms with Crippen molar-refractivity contribution in [2.75, 3.05) is 64.2 Å². The maximum absolute atomic E-state index is 13.7. The number of carbonyl (C=O) groups excluding carboxylic acids is 2. The molecule has 1 saturated carbocycles. The van der Waals surface area contributed by atoms with E-state index in [0.29, 0.717) is 35.6 Å². The lowest BCUT2D eigenvalue weighted by Crippen LogP contribution is -2.49. The van der Waals surface area contributed by atoms with Gasteiger partial charge in [0.15, 0.2) is 11.5 Å². The Balaban J connectivity index is 0.000000933. The number of carbonyl (C=O) groups is 3. The lowest BCUT2D eigenvalue weighted by Gasteiger charge is -2.34. The van der Waals surface area contributed by atoms with Crippen LogP contribution in [0.25, 0.3) is 11.2 Å². The van der Waals surface area contributed by atoms with Crippen molar-refractivity contribution < 1.29 is 48.0 Å². The second-order valence-corrected chi connectivity index (χ2v) is 16.7. The van der Waals surface area contributed by atoms with Crippen LogP contribution in [0.5, 0.6) is 0 Å². The van der Waals surface area contributed by atoms with E-state index in [-0.39, 0.29) is 43.9 Å². The van der Waals surface area contributed by atoms with Gasteiger partial charge >= 0.3 is 18.2 Å². The van der Waals surface area contributed by atoms with Crippen LogP contribution in [0, 0.1) is 0 Å².